The molecule has 3 nitrogen and oxygen atoms in total. The number of hydrogen-bond donors (Lipinski definition) is 1. The molecule has 92 valence electrons. The summed E-state index contributed by atoms with van der Waals surface area (Å²) in [5.41, 5.74) is 0.855. The van der Waals surface area contributed by atoms with Gasteiger partial charge in [0.1, 0.15) is 6.07 Å². The quantitative estimate of drug-likeness (QED) is 0.854. The summed E-state index contributed by atoms with van der Waals surface area (Å²) in [5, 5.41) is 11.8. The Balaban J connectivity index is 2.69. The summed E-state index contributed by atoms with van der Waals surface area (Å²) in [6, 6.07) is 7.02. The summed E-state index contributed by atoms with van der Waals surface area (Å²) in [6.07, 6.45) is -0.649. The summed E-state index contributed by atoms with van der Waals surface area (Å²) in [4.78, 5) is 0. The van der Waals surface area contributed by atoms with Crippen molar-refractivity contribution in [2.45, 2.75) is 39.5 Å². The van der Waals surface area contributed by atoms with Crippen LogP contribution in [0.2, 0.25) is 0 Å². The van der Waals surface area contributed by atoms with Gasteiger partial charge in [0.25, 0.3) is 0 Å². The largest absolute Gasteiger partial charge is 0.473 e. The first-order chi connectivity index (χ1) is 8.02. The molecular formula is C13H17FN2O. The van der Waals surface area contributed by atoms with Crippen LogP contribution in [-0.4, -0.2) is 12.1 Å². The third kappa shape index (κ3) is 4.41. The van der Waals surface area contributed by atoms with E-state index in [0.717, 1.165) is 5.56 Å². The Morgan fingerprint density at radius 1 is 1.41 bits per heavy atom. The number of nitrogens with one attached hydrogen (secondary N) is 1. The smallest absolute Gasteiger partial charge is 0.181 e. The zero-order chi connectivity index (χ0) is 12.8. The fraction of sp³-hybridized carbons (Fsp3) is 0.462. The summed E-state index contributed by atoms with van der Waals surface area (Å²) >= 11 is 0. The summed E-state index contributed by atoms with van der Waals surface area (Å²) in [5.74, 6) is -0.317. The van der Waals surface area contributed by atoms with E-state index in [0.29, 0.717) is 12.6 Å². The van der Waals surface area contributed by atoms with Gasteiger partial charge in [0.2, 0.25) is 0 Å². The van der Waals surface area contributed by atoms with E-state index in [1.807, 2.05) is 19.9 Å². The molecule has 0 amide bonds. The predicted octanol–water partition coefficient (Wildman–Crippen LogP) is 2.61. The maximum absolute atomic E-state index is 13.6. The molecule has 0 aliphatic carbocycles. The lowest BCUT2D eigenvalue weighted by Gasteiger charge is -2.11. The number of rotatable bonds is 5. The van der Waals surface area contributed by atoms with Crippen LogP contribution in [0.25, 0.3) is 0 Å². The Bertz CT molecular complexity index is 412. The third-order valence-electron chi connectivity index (χ3n) is 2.20. The first kappa shape index (κ1) is 13.5. The van der Waals surface area contributed by atoms with Crippen molar-refractivity contribution in [3.05, 3.63) is 29.6 Å². The van der Waals surface area contributed by atoms with Gasteiger partial charge in [0.15, 0.2) is 17.7 Å². The molecule has 0 radical (unpaired) electrons. The van der Waals surface area contributed by atoms with E-state index in [2.05, 4.69) is 5.32 Å². The van der Waals surface area contributed by atoms with Crippen molar-refractivity contribution in [3.8, 4) is 11.8 Å². The highest BCUT2D eigenvalue weighted by Crippen LogP contribution is 2.19. The minimum absolute atomic E-state index is 0.118. The van der Waals surface area contributed by atoms with Crippen LogP contribution in [0.5, 0.6) is 5.75 Å². The minimum atomic E-state index is -0.649. The van der Waals surface area contributed by atoms with Crippen LogP contribution in [0.3, 0.4) is 0 Å². The highest BCUT2D eigenvalue weighted by molar-refractivity contribution is 5.29. The topological polar surface area (TPSA) is 45.0 Å². The second-order valence-corrected chi connectivity index (χ2v) is 4.19. The number of ether oxygens (including phenoxy) is 1. The van der Waals surface area contributed by atoms with Gasteiger partial charge >= 0.3 is 0 Å². The normalized spacial score (nSPS) is 12.2. The van der Waals surface area contributed by atoms with Crippen LogP contribution < -0.4 is 10.1 Å². The monoisotopic (exact) mass is 236 g/mol. The molecule has 0 fully saturated rings. The number of nitriles is 1. The molecular weight excluding hydrogens is 219 g/mol. The fourth-order valence-corrected chi connectivity index (χ4v) is 1.29. The molecule has 0 heterocycles. The highest BCUT2D eigenvalue weighted by atomic mass is 19.1. The Labute approximate surface area is 101 Å². The van der Waals surface area contributed by atoms with Gasteiger partial charge in [-0.15, -0.1) is 0 Å². The van der Waals surface area contributed by atoms with Crippen molar-refractivity contribution in [1.82, 2.24) is 5.32 Å². The lowest BCUT2D eigenvalue weighted by molar-refractivity contribution is 0.263. The van der Waals surface area contributed by atoms with Gasteiger partial charge in [0, 0.05) is 12.6 Å². The lowest BCUT2D eigenvalue weighted by Crippen LogP contribution is -2.21. The van der Waals surface area contributed by atoms with E-state index in [1.165, 1.54) is 6.07 Å². The molecule has 17 heavy (non-hydrogen) atoms. The molecule has 0 aromatic heterocycles. The molecule has 1 unspecified atom stereocenters. The van der Waals surface area contributed by atoms with E-state index in [9.17, 15) is 4.39 Å². The van der Waals surface area contributed by atoms with Crippen molar-refractivity contribution in [2.24, 2.45) is 0 Å². The van der Waals surface area contributed by atoms with Crippen LogP contribution in [-0.2, 0) is 6.54 Å². The van der Waals surface area contributed by atoms with Crippen molar-refractivity contribution >= 4 is 0 Å². The standard InChI is InChI=1S/C13H17FN2O/c1-9(2)16-8-11-4-5-13(12(14)6-11)17-10(3)7-15/h4-6,9-10,16H,8H2,1-3H3. The average Bonchev–Trinajstić information content (AvgIpc) is 2.29. The van der Waals surface area contributed by atoms with E-state index >= 15 is 0 Å². The van der Waals surface area contributed by atoms with Gasteiger partial charge in [-0.25, -0.2) is 4.39 Å². The molecule has 0 spiro atoms. The van der Waals surface area contributed by atoms with Crippen molar-refractivity contribution in [3.63, 3.8) is 0 Å². The molecule has 1 aromatic carbocycles. The van der Waals surface area contributed by atoms with Gasteiger partial charge in [-0.1, -0.05) is 19.9 Å². The maximum atomic E-state index is 13.6. The molecule has 1 aromatic rings. The fourth-order valence-electron chi connectivity index (χ4n) is 1.29. The van der Waals surface area contributed by atoms with E-state index in [1.54, 1.807) is 19.1 Å². The molecule has 0 saturated heterocycles. The van der Waals surface area contributed by atoms with Crippen LogP contribution >= 0.6 is 0 Å². The number of hydrogen-bond acceptors (Lipinski definition) is 3. The minimum Gasteiger partial charge on any atom is -0.473 e. The van der Waals surface area contributed by atoms with Crippen LogP contribution in [0.4, 0.5) is 4.39 Å². The van der Waals surface area contributed by atoms with Crippen molar-refractivity contribution in [2.75, 3.05) is 0 Å². The van der Waals surface area contributed by atoms with Gasteiger partial charge < -0.3 is 10.1 Å². The molecule has 0 aliphatic heterocycles. The zero-order valence-electron chi connectivity index (χ0n) is 10.3. The third-order valence-corrected chi connectivity index (χ3v) is 2.20. The predicted molar refractivity (Wildman–Crippen MR) is 64.1 cm³/mol. The molecule has 1 N–H and O–H groups in total. The SMILES string of the molecule is CC(C)NCc1ccc(OC(C)C#N)c(F)c1. The van der Waals surface area contributed by atoms with Gasteiger partial charge in [-0.3, -0.25) is 0 Å². The van der Waals surface area contributed by atoms with Crippen LogP contribution in [0, 0.1) is 17.1 Å². The first-order valence-electron chi connectivity index (χ1n) is 5.61. The maximum Gasteiger partial charge on any atom is 0.181 e. The van der Waals surface area contributed by atoms with E-state index in [-0.39, 0.29) is 5.75 Å². The van der Waals surface area contributed by atoms with Crippen molar-refractivity contribution in [1.29, 1.82) is 5.26 Å². The molecule has 0 saturated carbocycles. The molecule has 0 bridgehead atoms. The Kier molecular flexibility index (Phi) is 4.92. The molecule has 1 rings (SSSR count). The van der Waals surface area contributed by atoms with E-state index < -0.39 is 11.9 Å². The van der Waals surface area contributed by atoms with Crippen LogP contribution in [0.15, 0.2) is 18.2 Å². The average molecular weight is 236 g/mol. The van der Waals surface area contributed by atoms with E-state index in [4.69, 9.17) is 10.00 Å². The first-order valence-corrected chi connectivity index (χ1v) is 5.61. The summed E-state index contributed by atoms with van der Waals surface area (Å²) in [6.45, 7) is 6.25. The van der Waals surface area contributed by atoms with Gasteiger partial charge in [-0.2, -0.15) is 5.26 Å². The Morgan fingerprint density at radius 2 is 2.12 bits per heavy atom. The molecule has 0 aliphatic rings. The Morgan fingerprint density at radius 3 is 2.65 bits per heavy atom. The van der Waals surface area contributed by atoms with Crippen LogP contribution in [0.1, 0.15) is 26.3 Å². The second-order valence-electron chi connectivity index (χ2n) is 4.19. The number of benzene rings is 1. The highest BCUT2D eigenvalue weighted by Gasteiger charge is 2.08. The number of halogens is 1. The van der Waals surface area contributed by atoms with Gasteiger partial charge in [0.05, 0.1) is 0 Å². The zero-order valence-corrected chi connectivity index (χ0v) is 10.3. The van der Waals surface area contributed by atoms with Gasteiger partial charge in [-0.05, 0) is 24.6 Å². The molecule has 1 atom stereocenters. The Hall–Kier alpha value is -1.60. The van der Waals surface area contributed by atoms with Crippen molar-refractivity contribution < 1.29 is 9.13 Å². The second kappa shape index (κ2) is 6.21. The number of nitrogens with zero attached hydrogens (tertiary/aromatic N) is 1. The summed E-state index contributed by atoms with van der Waals surface area (Å²) < 4.78 is 18.7. The molecule has 4 heteroatoms. The summed E-state index contributed by atoms with van der Waals surface area (Å²) in [7, 11) is 0. The lowest BCUT2D eigenvalue weighted by atomic mass is 10.2.